The Balaban J connectivity index is 1.77. The van der Waals surface area contributed by atoms with Crippen LogP contribution in [-0.2, 0) is 16.0 Å². The molecule has 1 N–H and O–H groups in total. The van der Waals surface area contributed by atoms with Crippen molar-refractivity contribution in [1.29, 1.82) is 0 Å². The van der Waals surface area contributed by atoms with E-state index in [1.807, 2.05) is 55.5 Å². The second-order valence-electron chi connectivity index (χ2n) is 5.86. The van der Waals surface area contributed by atoms with Crippen LogP contribution in [0.5, 0.6) is 0 Å². The van der Waals surface area contributed by atoms with Gasteiger partial charge in [-0.2, -0.15) is 0 Å². The van der Waals surface area contributed by atoms with E-state index in [9.17, 15) is 9.59 Å². The highest BCUT2D eigenvalue weighted by Gasteiger charge is 2.14. The Morgan fingerprint density at radius 2 is 1.81 bits per heavy atom. The zero-order valence-electron chi connectivity index (χ0n) is 15.0. The van der Waals surface area contributed by atoms with Crippen molar-refractivity contribution in [2.45, 2.75) is 24.7 Å². The summed E-state index contributed by atoms with van der Waals surface area (Å²) in [5.74, 6) is 0.419. The Hall–Kier alpha value is -1.98. The lowest BCUT2D eigenvalue weighted by Crippen LogP contribution is -2.35. The average molecular weight is 391 g/mol. The van der Waals surface area contributed by atoms with Gasteiger partial charge in [-0.05, 0) is 42.3 Å². The molecular formula is C20H23ClN2O2S. The highest BCUT2D eigenvalue weighted by atomic mass is 35.5. The summed E-state index contributed by atoms with van der Waals surface area (Å²) in [6.45, 7) is 2.08. The minimum Gasteiger partial charge on any atom is -0.336 e. The van der Waals surface area contributed by atoms with Gasteiger partial charge in [0.05, 0.1) is 6.54 Å². The number of carbonyl (C=O) groups is 2. The quantitative estimate of drug-likeness (QED) is 0.676. The molecule has 0 aliphatic rings. The van der Waals surface area contributed by atoms with Crippen LogP contribution < -0.4 is 5.32 Å². The number of thioether (sulfide) groups is 1. The largest absolute Gasteiger partial charge is 0.336 e. The molecule has 2 aromatic carbocycles. The molecule has 138 valence electrons. The molecule has 0 bridgehead atoms. The van der Waals surface area contributed by atoms with Crippen molar-refractivity contribution in [3.8, 4) is 0 Å². The lowest BCUT2D eigenvalue weighted by molar-refractivity contribution is -0.132. The standard InChI is InChI=1S/C20H23ClN2O2S/c1-3-15-6-4-5-7-18(15)22-19(24)14-23(2)20(25)12-13-26-17-10-8-16(21)9-11-17/h4-11H,3,12-14H2,1-2H3,(H,22,24). The Morgan fingerprint density at radius 3 is 2.50 bits per heavy atom. The maximum Gasteiger partial charge on any atom is 0.243 e. The van der Waals surface area contributed by atoms with E-state index in [0.717, 1.165) is 22.6 Å². The van der Waals surface area contributed by atoms with E-state index in [-0.39, 0.29) is 18.4 Å². The van der Waals surface area contributed by atoms with Crippen LogP contribution in [0.2, 0.25) is 5.02 Å². The number of hydrogen-bond donors (Lipinski definition) is 1. The third-order valence-electron chi connectivity index (χ3n) is 3.88. The second-order valence-corrected chi connectivity index (χ2v) is 7.47. The SMILES string of the molecule is CCc1ccccc1NC(=O)CN(C)C(=O)CCSc1ccc(Cl)cc1. The molecule has 0 aliphatic carbocycles. The van der Waals surface area contributed by atoms with Crippen LogP contribution in [-0.4, -0.2) is 36.1 Å². The molecule has 2 aromatic rings. The summed E-state index contributed by atoms with van der Waals surface area (Å²) in [6, 6.07) is 15.2. The molecule has 0 unspecified atom stereocenters. The molecule has 0 atom stereocenters. The Labute approximate surface area is 163 Å². The molecular weight excluding hydrogens is 368 g/mol. The average Bonchev–Trinajstić information content (AvgIpc) is 2.63. The topological polar surface area (TPSA) is 49.4 Å². The molecule has 0 fully saturated rings. The van der Waals surface area contributed by atoms with Crippen molar-refractivity contribution >= 4 is 40.9 Å². The van der Waals surface area contributed by atoms with E-state index in [1.165, 1.54) is 4.90 Å². The van der Waals surface area contributed by atoms with E-state index in [2.05, 4.69) is 5.32 Å². The minimum absolute atomic E-state index is 0.0441. The molecule has 0 aliphatic heterocycles. The fraction of sp³-hybridized carbons (Fsp3) is 0.300. The first-order chi connectivity index (χ1) is 12.5. The van der Waals surface area contributed by atoms with Crippen molar-refractivity contribution in [3.05, 3.63) is 59.1 Å². The van der Waals surface area contributed by atoms with Gasteiger partial charge < -0.3 is 10.2 Å². The second kappa shape index (κ2) is 10.2. The first-order valence-corrected chi connectivity index (χ1v) is 9.86. The highest BCUT2D eigenvalue weighted by Crippen LogP contribution is 2.21. The third-order valence-corrected chi connectivity index (χ3v) is 5.14. The first-order valence-electron chi connectivity index (χ1n) is 8.49. The highest BCUT2D eigenvalue weighted by molar-refractivity contribution is 7.99. The van der Waals surface area contributed by atoms with Crippen molar-refractivity contribution in [2.24, 2.45) is 0 Å². The Morgan fingerprint density at radius 1 is 1.12 bits per heavy atom. The molecule has 2 amide bonds. The van der Waals surface area contributed by atoms with E-state index < -0.39 is 0 Å². The van der Waals surface area contributed by atoms with Crippen LogP contribution in [0.15, 0.2) is 53.4 Å². The summed E-state index contributed by atoms with van der Waals surface area (Å²) in [5, 5.41) is 3.58. The van der Waals surface area contributed by atoms with Crippen molar-refractivity contribution < 1.29 is 9.59 Å². The number of amides is 2. The van der Waals surface area contributed by atoms with Gasteiger partial charge in [-0.25, -0.2) is 0 Å². The van der Waals surface area contributed by atoms with Crippen molar-refractivity contribution in [1.82, 2.24) is 4.90 Å². The maximum atomic E-state index is 12.2. The number of aryl methyl sites for hydroxylation is 1. The number of hydrogen-bond acceptors (Lipinski definition) is 3. The summed E-state index contributed by atoms with van der Waals surface area (Å²) >= 11 is 7.45. The van der Waals surface area contributed by atoms with E-state index in [1.54, 1.807) is 18.8 Å². The summed E-state index contributed by atoms with van der Waals surface area (Å²) < 4.78 is 0. The molecule has 0 aromatic heterocycles. The smallest absolute Gasteiger partial charge is 0.243 e. The molecule has 6 heteroatoms. The van der Waals surface area contributed by atoms with Gasteiger partial charge in [0.2, 0.25) is 11.8 Å². The fourth-order valence-electron chi connectivity index (χ4n) is 2.42. The fourth-order valence-corrected chi connectivity index (χ4v) is 3.39. The molecule has 2 rings (SSSR count). The monoisotopic (exact) mass is 390 g/mol. The predicted octanol–water partition coefficient (Wildman–Crippen LogP) is 4.48. The van der Waals surface area contributed by atoms with Gasteiger partial charge in [0.15, 0.2) is 0 Å². The predicted molar refractivity (Wildman–Crippen MR) is 109 cm³/mol. The minimum atomic E-state index is -0.188. The number of nitrogens with zero attached hydrogens (tertiary/aromatic N) is 1. The number of halogens is 1. The number of para-hydroxylation sites is 1. The maximum absolute atomic E-state index is 12.2. The third kappa shape index (κ3) is 6.39. The summed E-state index contributed by atoms with van der Waals surface area (Å²) in [6.07, 6.45) is 1.22. The van der Waals surface area contributed by atoms with Gasteiger partial charge in [0.1, 0.15) is 0 Å². The van der Waals surface area contributed by atoms with Crippen LogP contribution >= 0.6 is 23.4 Å². The van der Waals surface area contributed by atoms with Crippen LogP contribution in [0.25, 0.3) is 0 Å². The molecule has 0 spiro atoms. The van der Waals surface area contributed by atoms with Gasteiger partial charge in [0, 0.05) is 34.8 Å². The Bertz CT molecular complexity index is 750. The Kier molecular flexibility index (Phi) is 8.01. The van der Waals surface area contributed by atoms with E-state index in [0.29, 0.717) is 17.2 Å². The van der Waals surface area contributed by atoms with Gasteiger partial charge in [0.25, 0.3) is 0 Å². The van der Waals surface area contributed by atoms with E-state index in [4.69, 9.17) is 11.6 Å². The lowest BCUT2D eigenvalue weighted by Gasteiger charge is -2.17. The van der Waals surface area contributed by atoms with Gasteiger partial charge in [-0.3, -0.25) is 9.59 Å². The molecule has 0 saturated heterocycles. The first kappa shape index (κ1) is 20.3. The molecule has 0 saturated carbocycles. The summed E-state index contributed by atoms with van der Waals surface area (Å²) in [5.41, 5.74) is 1.88. The summed E-state index contributed by atoms with van der Waals surface area (Å²) in [7, 11) is 1.65. The van der Waals surface area contributed by atoms with Crippen LogP contribution in [0.4, 0.5) is 5.69 Å². The van der Waals surface area contributed by atoms with Crippen LogP contribution in [0.3, 0.4) is 0 Å². The van der Waals surface area contributed by atoms with Crippen molar-refractivity contribution in [2.75, 3.05) is 24.7 Å². The number of benzene rings is 2. The number of likely N-dealkylation sites (N-methyl/N-ethyl adjacent to an activating group) is 1. The van der Waals surface area contributed by atoms with Gasteiger partial charge >= 0.3 is 0 Å². The zero-order chi connectivity index (χ0) is 18.9. The van der Waals surface area contributed by atoms with Crippen molar-refractivity contribution in [3.63, 3.8) is 0 Å². The molecule has 0 heterocycles. The van der Waals surface area contributed by atoms with E-state index >= 15 is 0 Å². The number of rotatable bonds is 8. The number of anilines is 1. The molecule has 4 nitrogen and oxygen atoms in total. The van der Waals surface area contributed by atoms with Crippen LogP contribution in [0, 0.1) is 0 Å². The zero-order valence-corrected chi connectivity index (χ0v) is 16.6. The number of carbonyl (C=O) groups excluding carboxylic acids is 2. The molecule has 26 heavy (non-hydrogen) atoms. The van der Waals surface area contributed by atoms with Gasteiger partial charge in [-0.1, -0.05) is 36.7 Å². The van der Waals surface area contributed by atoms with Crippen LogP contribution in [0.1, 0.15) is 18.9 Å². The summed E-state index contributed by atoms with van der Waals surface area (Å²) in [4.78, 5) is 26.9. The lowest BCUT2D eigenvalue weighted by atomic mass is 10.1. The normalized spacial score (nSPS) is 10.4. The number of nitrogens with one attached hydrogen (secondary N) is 1. The molecule has 0 radical (unpaired) electrons. The van der Waals surface area contributed by atoms with Gasteiger partial charge in [-0.15, -0.1) is 11.8 Å².